The van der Waals surface area contributed by atoms with Gasteiger partial charge in [0, 0.05) is 5.92 Å². The van der Waals surface area contributed by atoms with E-state index in [0.29, 0.717) is 5.75 Å². The first-order chi connectivity index (χ1) is 7.58. The van der Waals surface area contributed by atoms with Crippen molar-refractivity contribution in [2.45, 2.75) is 32.8 Å². The third-order valence-corrected chi connectivity index (χ3v) is 3.03. The van der Waals surface area contributed by atoms with E-state index in [1.165, 1.54) is 5.56 Å². The SMILES string of the molecule is Cc1ccc(OC(C(=O)O)C2CC2)cc1C. The van der Waals surface area contributed by atoms with Gasteiger partial charge in [-0.15, -0.1) is 0 Å². The summed E-state index contributed by atoms with van der Waals surface area (Å²) >= 11 is 0. The first kappa shape index (κ1) is 11.0. The fourth-order valence-corrected chi connectivity index (χ4v) is 1.68. The maximum Gasteiger partial charge on any atom is 0.345 e. The summed E-state index contributed by atoms with van der Waals surface area (Å²) in [6.07, 6.45) is 1.24. The maximum absolute atomic E-state index is 11.0. The number of carboxylic acids is 1. The molecule has 1 unspecified atom stereocenters. The average Bonchev–Trinajstić information content (AvgIpc) is 3.03. The summed E-state index contributed by atoms with van der Waals surface area (Å²) in [5.74, 6) is -0.0118. The third kappa shape index (κ3) is 2.35. The van der Waals surface area contributed by atoms with E-state index in [1.54, 1.807) is 0 Å². The Labute approximate surface area is 95.0 Å². The molecule has 2 rings (SSSR count). The van der Waals surface area contributed by atoms with Crippen LogP contribution in [0.2, 0.25) is 0 Å². The van der Waals surface area contributed by atoms with Gasteiger partial charge in [0.25, 0.3) is 0 Å². The number of carboxylic acid groups (broad SMARTS) is 1. The number of hydrogen-bond acceptors (Lipinski definition) is 2. The van der Waals surface area contributed by atoms with Crippen LogP contribution in [0.4, 0.5) is 0 Å². The fourth-order valence-electron chi connectivity index (χ4n) is 1.68. The number of carbonyl (C=O) groups is 1. The number of benzene rings is 1. The van der Waals surface area contributed by atoms with Crippen molar-refractivity contribution >= 4 is 5.97 Å². The molecular formula is C13H16O3. The summed E-state index contributed by atoms with van der Waals surface area (Å²) in [7, 11) is 0. The Morgan fingerprint density at radius 2 is 2.06 bits per heavy atom. The van der Waals surface area contributed by atoms with Crippen LogP contribution in [0.1, 0.15) is 24.0 Å². The van der Waals surface area contributed by atoms with Crippen LogP contribution in [0.15, 0.2) is 18.2 Å². The molecule has 1 N–H and O–H groups in total. The van der Waals surface area contributed by atoms with Gasteiger partial charge in [-0.3, -0.25) is 0 Å². The molecule has 1 aliphatic carbocycles. The van der Waals surface area contributed by atoms with Crippen molar-refractivity contribution in [1.29, 1.82) is 0 Å². The van der Waals surface area contributed by atoms with Crippen molar-refractivity contribution in [2.24, 2.45) is 5.92 Å². The number of aliphatic carboxylic acids is 1. The highest BCUT2D eigenvalue weighted by Crippen LogP contribution is 2.35. The maximum atomic E-state index is 11.0. The van der Waals surface area contributed by atoms with Crippen LogP contribution in [-0.4, -0.2) is 17.2 Å². The molecule has 0 bridgehead atoms. The van der Waals surface area contributed by atoms with E-state index in [9.17, 15) is 4.79 Å². The molecule has 1 aromatic rings. The number of rotatable bonds is 4. The molecule has 0 saturated heterocycles. The summed E-state index contributed by atoms with van der Waals surface area (Å²) in [5.41, 5.74) is 2.31. The Hall–Kier alpha value is -1.51. The molecule has 1 fully saturated rings. The Bertz CT molecular complexity index is 408. The zero-order valence-corrected chi connectivity index (χ0v) is 9.56. The summed E-state index contributed by atoms with van der Waals surface area (Å²) in [6.45, 7) is 4.02. The van der Waals surface area contributed by atoms with Gasteiger partial charge in [-0.05, 0) is 49.9 Å². The molecule has 0 heterocycles. The fraction of sp³-hybridized carbons (Fsp3) is 0.462. The molecule has 1 saturated carbocycles. The van der Waals surface area contributed by atoms with Crippen molar-refractivity contribution in [3.05, 3.63) is 29.3 Å². The van der Waals surface area contributed by atoms with Crippen LogP contribution in [0.3, 0.4) is 0 Å². The highest BCUT2D eigenvalue weighted by molar-refractivity contribution is 5.73. The highest BCUT2D eigenvalue weighted by Gasteiger charge is 2.38. The molecule has 1 aliphatic rings. The lowest BCUT2D eigenvalue weighted by Gasteiger charge is -2.15. The van der Waals surface area contributed by atoms with Crippen molar-refractivity contribution in [2.75, 3.05) is 0 Å². The van der Waals surface area contributed by atoms with Crippen LogP contribution in [0.25, 0.3) is 0 Å². The standard InChI is InChI=1S/C13H16O3/c1-8-3-6-11(7-9(8)2)16-12(13(14)15)10-4-5-10/h3,6-7,10,12H,4-5H2,1-2H3,(H,14,15). The number of hydrogen-bond donors (Lipinski definition) is 1. The van der Waals surface area contributed by atoms with Crippen LogP contribution < -0.4 is 4.74 Å². The molecule has 1 atom stereocenters. The van der Waals surface area contributed by atoms with Crippen LogP contribution in [0, 0.1) is 19.8 Å². The van der Waals surface area contributed by atoms with Gasteiger partial charge in [0.05, 0.1) is 0 Å². The van der Waals surface area contributed by atoms with Gasteiger partial charge in [-0.1, -0.05) is 6.07 Å². The molecule has 3 nitrogen and oxygen atoms in total. The van der Waals surface area contributed by atoms with E-state index < -0.39 is 12.1 Å². The highest BCUT2D eigenvalue weighted by atomic mass is 16.5. The zero-order valence-electron chi connectivity index (χ0n) is 9.56. The summed E-state index contributed by atoms with van der Waals surface area (Å²) in [5, 5.41) is 9.04. The summed E-state index contributed by atoms with van der Waals surface area (Å²) < 4.78 is 5.54. The second kappa shape index (κ2) is 4.16. The first-order valence-electron chi connectivity index (χ1n) is 5.54. The summed E-state index contributed by atoms with van der Waals surface area (Å²) in [6, 6.07) is 5.69. The van der Waals surface area contributed by atoms with Gasteiger partial charge in [0.2, 0.25) is 0 Å². The zero-order chi connectivity index (χ0) is 11.7. The minimum Gasteiger partial charge on any atom is -0.478 e. The lowest BCUT2D eigenvalue weighted by Crippen LogP contribution is -2.29. The third-order valence-electron chi connectivity index (χ3n) is 3.03. The van der Waals surface area contributed by atoms with E-state index in [1.807, 2.05) is 32.0 Å². The molecule has 86 valence electrons. The minimum atomic E-state index is -0.860. The summed E-state index contributed by atoms with van der Waals surface area (Å²) in [4.78, 5) is 11.0. The molecule has 0 radical (unpaired) electrons. The van der Waals surface area contributed by atoms with Gasteiger partial charge in [0.1, 0.15) is 5.75 Å². The molecule has 3 heteroatoms. The van der Waals surface area contributed by atoms with Crippen LogP contribution in [-0.2, 0) is 4.79 Å². The monoisotopic (exact) mass is 220 g/mol. The molecule has 1 aromatic carbocycles. The van der Waals surface area contributed by atoms with Gasteiger partial charge in [0.15, 0.2) is 6.10 Å². The number of ether oxygens (including phenoxy) is 1. The predicted octanol–water partition coefficient (Wildman–Crippen LogP) is 2.55. The van der Waals surface area contributed by atoms with Crippen LogP contribution in [0.5, 0.6) is 5.75 Å². The quantitative estimate of drug-likeness (QED) is 0.848. The Kier molecular flexibility index (Phi) is 2.86. The van der Waals surface area contributed by atoms with Crippen molar-refractivity contribution in [3.8, 4) is 5.75 Å². The lowest BCUT2D eigenvalue weighted by molar-refractivity contribution is -0.146. The molecule has 0 spiro atoms. The second-order valence-corrected chi connectivity index (χ2v) is 4.46. The van der Waals surface area contributed by atoms with Crippen molar-refractivity contribution < 1.29 is 14.6 Å². The van der Waals surface area contributed by atoms with Crippen molar-refractivity contribution in [3.63, 3.8) is 0 Å². The molecule has 0 aliphatic heterocycles. The first-order valence-corrected chi connectivity index (χ1v) is 5.54. The van der Waals surface area contributed by atoms with E-state index >= 15 is 0 Å². The molecule has 0 aromatic heterocycles. The second-order valence-electron chi connectivity index (χ2n) is 4.46. The lowest BCUT2D eigenvalue weighted by atomic mass is 10.1. The van der Waals surface area contributed by atoms with Gasteiger partial charge in [-0.2, -0.15) is 0 Å². The Balaban J connectivity index is 2.12. The van der Waals surface area contributed by atoms with Gasteiger partial charge >= 0.3 is 5.97 Å². The molecule has 16 heavy (non-hydrogen) atoms. The van der Waals surface area contributed by atoms with E-state index in [4.69, 9.17) is 9.84 Å². The Morgan fingerprint density at radius 3 is 2.56 bits per heavy atom. The van der Waals surface area contributed by atoms with Gasteiger partial charge < -0.3 is 9.84 Å². The van der Waals surface area contributed by atoms with E-state index in [-0.39, 0.29) is 5.92 Å². The van der Waals surface area contributed by atoms with Gasteiger partial charge in [-0.25, -0.2) is 4.79 Å². The van der Waals surface area contributed by atoms with E-state index in [0.717, 1.165) is 18.4 Å². The predicted molar refractivity (Wildman–Crippen MR) is 60.7 cm³/mol. The topological polar surface area (TPSA) is 46.5 Å². The Morgan fingerprint density at radius 1 is 1.38 bits per heavy atom. The largest absolute Gasteiger partial charge is 0.478 e. The average molecular weight is 220 g/mol. The molecule has 0 amide bonds. The normalized spacial score (nSPS) is 16.9. The smallest absolute Gasteiger partial charge is 0.345 e. The molecular weight excluding hydrogens is 204 g/mol. The van der Waals surface area contributed by atoms with Crippen molar-refractivity contribution in [1.82, 2.24) is 0 Å². The minimum absolute atomic E-state index is 0.194. The number of aryl methyl sites for hydroxylation is 2. The van der Waals surface area contributed by atoms with Crippen LogP contribution >= 0.6 is 0 Å². The van der Waals surface area contributed by atoms with E-state index in [2.05, 4.69) is 0 Å².